The molecule has 5 heteroatoms. The molecule has 0 bridgehead atoms. The fourth-order valence-corrected chi connectivity index (χ4v) is 4.85. The van der Waals surface area contributed by atoms with Crippen molar-refractivity contribution in [1.82, 2.24) is 0 Å². The van der Waals surface area contributed by atoms with E-state index in [9.17, 15) is 9.18 Å². The number of thioether (sulfide) groups is 1. The van der Waals surface area contributed by atoms with E-state index in [-0.39, 0.29) is 22.9 Å². The Labute approximate surface area is 137 Å². The summed E-state index contributed by atoms with van der Waals surface area (Å²) in [5, 5.41) is 0. The van der Waals surface area contributed by atoms with E-state index >= 15 is 0 Å². The number of rotatable bonds is 2. The highest BCUT2D eigenvalue weighted by atomic mass is 79.9. The summed E-state index contributed by atoms with van der Waals surface area (Å²) in [6.45, 7) is 0.608. The first-order valence-electron chi connectivity index (χ1n) is 7.31. The molecule has 2 fully saturated rings. The van der Waals surface area contributed by atoms with Gasteiger partial charge >= 0.3 is 0 Å². The Morgan fingerprint density at radius 1 is 1.38 bits per heavy atom. The van der Waals surface area contributed by atoms with E-state index in [2.05, 4.69) is 15.9 Å². The number of ether oxygens (including phenoxy) is 1. The van der Waals surface area contributed by atoms with Crippen LogP contribution in [0, 0.1) is 11.7 Å². The van der Waals surface area contributed by atoms with E-state index in [1.807, 2.05) is 11.8 Å². The molecule has 2 nitrogen and oxygen atoms in total. The monoisotopic (exact) mass is 372 g/mol. The van der Waals surface area contributed by atoms with Crippen molar-refractivity contribution in [3.63, 3.8) is 0 Å². The average Bonchev–Trinajstić information content (AvgIpc) is 2.50. The molecule has 0 saturated carbocycles. The lowest BCUT2D eigenvalue weighted by Gasteiger charge is -2.42. The second kappa shape index (κ2) is 6.39. The van der Waals surface area contributed by atoms with Crippen molar-refractivity contribution < 1.29 is 13.9 Å². The molecular weight excluding hydrogens is 355 g/mol. The molecular formula is C16H18BrFO2S. The van der Waals surface area contributed by atoms with E-state index < -0.39 is 5.82 Å². The van der Waals surface area contributed by atoms with Crippen molar-refractivity contribution in [2.75, 3.05) is 18.1 Å². The minimum Gasteiger partial charge on any atom is -0.375 e. The Hall–Kier alpha value is -0.390. The zero-order valence-corrected chi connectivity index (χ0v) is 14.1. The summed E-state index contributed by atoms with van der Waals surface area (Å²) < 4.78 is 20.7. The van der Waals surface area contributed by atoms with Crippen molar-refractivity contribution in [2.24, 2.45) is 5.92 Å². The first-order valence-corrected chi connectivity index (χ1v) is 9.25. The average molecular weight is 373 g/mol. The highest BCUT2D eigenvalue weighted by molar-refractivity contribution is 9.10. The summed E-state index contributed by atoms with van der Waals surface area (Å²) >= 11 is 5.25. The minimum absolute atomic E-state index is 0.0744. The predicted octanol–water partition coefficient (Wildman–Crippen LogP) is 4.46. The van der Waals surface area contributed by atoms with Crippen LogP contribution in [0.4, 0.5) is 4.39 Å². The third-order valence-electron chi connectivity index (χ3n) is 4.46. The molecule has 21 heavy (non-hydrogen) atoms. The van der Waals surface area contributed by atoms with Crippen LogP contribution in [0.1, 0.15) is 36.0 Å². The minimum atomic E-state index is -0.428. The van der Waals surface area contributed by atoms with Gasteiger partial charge in [0.1, 0.15) is 5.82 Å². The van der Waals surface area contributed by atoms with Gasteiger partial charge in [0, 0.05) is 17.0 Å². The quantitative estimate of drug-likeness (QED) is 0.716. The highest BCUT2D eigenvalue weighted by Gasteiger charge is 2.41. The van der Waals surface area contributed by atoms with E-state index in [4.69, 9.17) is 4.74 Å². The van der Waals surface area contributed by atoms with Crippen LogP contribution >= 0.6 is 27.7 Å². The molecule has 0 amide bonds. The lowest BCUT2D eigenvalue weighted by molar-refractivity contribution is -0.0960. The van der Waals surface area contributed by atoms with Gasteiger partial charge in [-0.3, -0.25) is 4.79 Å². The van der Waals surface area contributed by atoms with E-state index in [0.29, 0.717) is 13.0 Å². The molecule has 1 aromatic carbocycles. The molecule has 1 spiro atoms. The molecule has 0 radical (unpaired) electrons. The molecule has 2 heterocycles. The van der Waals surface area contributed by atoms with Crippen molar-refractivity contribution in [3.05, 3.63) is 34.1 Å². The first kappa shape index (κ1) is 15.5. The highest BCUT2D eigenvalue weighted by Crippen LogP contribution is 2.40. The van der Waals surface area contributed by atoms with Crippen LogP contribution in [0.5, 0.6) is 0 Å². The van der Waals surface area contributed by atoms with Gasteiger partial charge in [0.2, 0.25) is 0 Å². The van der Waals surface area contributed by atoms with Gasteiger partial charge in [-0.2, -0.15) is 11.8 Å². The fraction of sp³-hybridized carbons (Fsp3) is 0.562. The fourth-order valence-electron chi connectivity index (χ4n) is 3.25. The number of Topliss-reactive ketones (excluding diaryl/α,β-unsaturated/α-hetero) is 1. The molecule has 1 atom stereocenters. The Morgan fingerprint density at radius 3 is 2.90 bits per heavy atom. The number of carbonyl (C=O) groups is 1. The third kappa shape index (κ3) is 3.35. The number of benzene rings is 1. The first-order chi connectivity index (χ1) is 10.1. The van der Waals surface area contributed by atoms with Crippen molar-refractivity contribution in [1.29, 1.82) is 0 Å². The SMILES string of the molecule is O=C(c1cc(Br)ccc1F)C1CCOC2(CCSCC2)C1. The number of halogens is 2. The standard InChI is InChI=1S/C16H18BrFO2S/c17-12-1-2-14(18)13(9-12)15(19)11-3-6-20-16(10-11)4-7-21-8-5-16/h1-2,9,11H,3-8,10H2. The predicted molar refractivity (Wildman–Crippen MR) is 86.4 cm³/mol. The summed E-state index contributed by atoms with van der Waals surface area (Å²) in [7, 11) is 0. The Kier molecular flexibility index (Phi) is 4.71. The van der Waals surface area contributed by atoms with Crippen LogP contribution in [-0.4, -0.2) is 29.5 Å². The third-order valence-corrected chi connectivity index (χ3v) is 5.94. The van der Waals surface area contributed by atoms with Gasteiger partial charge in [0.15, 0.2) is 5.78 Å². The maximum Gasteiger partial charge on any atom is 0.169 e. The second-order valence-corrected chi connectivity index (χ2v) is 7.96. The summed E-state index contributed by atoms with van der Waals surface area (Å²) in [4.78, 5) is 12.7. The van der Waals surface area contributed by atoms with E-state index in [1.165, 1.54) is 6.07 Å². The van der Waals surface area contributed by atoms with Gasteiger partial charge in [-0.15, -0.1) is 0 Å². The number of hydrogen-bond donors (Lipinski definition) is 0. The molecule has 0 N–H and O–H groups in total. The largest absolute Gasteiger partial charge is 0.375 e. The van der Waals surface area contributed by atoms with Gasteiger partial charge in [-0.25, -0.2) is 4.39 Å². The molecule has 114 valence electrons. The van der Waals surface area contributed by atoms with Crippen LogP contribution in [0.2, 0.25) is 0 Å². The van der Waals surface area contributed by atoms with Gasteiger partial charge < -0.3 is 4.74 Å². The van der Waals surface area contributed by atoms with Crippen LogP contribution in [0.25, 0.3) is 0 Å². The van der Waals surface area contributed by atoms with Gasteiger partial charge in [0.25, 0.3) is 0 Å². The van der Waals surface area contributed by atoms with Crippen molar-refractivity contribution in [3.8, 4) is 0 Å². The molecule has 0 aromatic heterocycles. The molecule has 2 saturated heterocycles. The molecule has 1 unspecified atom stereocenters. The number of ketones is 1. The van der Waals surface area contributed by atoms with Crippen LogP contribution in [0.15, 0.2) is 22.7 Å². The molecule has 3 rings (SSSR count). The van der Waals surface area contributed by atoms with Crippen molar-refractivity contribution >= 4 is 33.5 Å². The Morgan fingerprint density at radius 2 is 2.14 bits per heavy atom. The van der Waals surface area contributed by atoms with Gasteiger partial charge in [-0.05, 0) is 55.4 Å². The van der Waals surface area contributed by atoms with Crippen molar-refractivity contribution in [2.45, 2.75) is 31.3 Å². The zero-order chi connectivity index (χ0) is 14.9. The smallest absolute Gasteiger partial charge is 0.169 e. The summed E-state index contributed by atoms with van der Waals surface area (Å²) in [5.74, 6) is 1.56. The molecule has 1 aromatic rings. The van der Waals surface area contributed by atoms with Crippen LogP contribution in [0.3, 0.4) is 0 Å². The topological polar surface area (TPSA) is 26.3 Å². The van der Waals surface area contributed by atoms with Crippen LogP contribution in [-0.2, 0) is 4.74 Å². The maximum absolute atomic E-state index is 13.9. The summed E-state index contributed by atoms with van der Waals surface area (Å²) in [6, 6.07) is 4.57. The Balaban J connectivity index is 1.79. The number of hydrogen-bond acceptors (Lipinski definition) is 3. The van der Waals surface area contributed by atoms with Gasteiger partial charge in [-0.1, -0.05) is 15.9 Å². The Bertz CT molecular complexity index is 538. The zero-order valence-electron chi connectivity index (χ0n) is 11.7. The van der Waals surface area contributed by atoms with E-state index in [1.54, 1.807) is 12.1 Å². The second-order valence-electron chi connectivity index (χ2n) is 5.82. The van der Waals surface area contributed by atoms with Gasteiger partial charge in [0.05, 0.1) is 11.2 Å². The summed E-state index contributed by atoms with van der Waals surface area (Å²) in [5.41, 5.74) is 0.0587. The number of carbonyl (C=O) groups excluding carboxylic acids is 1. The maximum atomic E-state index is 13.9. The lowest BCUT2D eigenvalue weighted by Crippen LogP contribution is -2.44. The lowest BCUT2D eigenvalue weighted by atomic mass is 9.78. The molecule has 2 aliphatic rings. The summed E-state index contributed by atoms with van der Waals surface area (Å²) in [6.07, 6.45) is 3.43. The van der Waals surface area contributed by atoms with E-state index in [0.717, 1.165) is 35.2 Å². The van der Waals surface area contributed by atoms with Crippen LogP contribution < -0.4 is 0 Å². The molecule has 0 aliphatic carbocycles. The normalized spacial score (nSPS) is 25.0. The molecule has 2 aliphatic heterocycles.